The number of hydrogen-bond acceptors (Lipinski definition) is 3. The molecular formula is C4H12N2SSi. The molecule has 0 spiro atoms. The van der Waals surface area contributed by atoms with Gasteiger partial charge in [0.05, 0.1) is 5.16 Å². The Balaban J connectivity index is 0. The smallest absolute Gasteiger partial charge is 0.0554 e. The van der Waals surface area contributed by atoms with Gasteiger partial charge in [0.2, 0.25) is 0 Å². The number of rotatable bonds is 2. The Morgan fingerprint density at radius 2 is 2.12 bits per heavy atom. The highest BCUT2D eigenvalue weighted by Gasteiger charge is 1.68. The fourth-order valence-electron chi connectivity index (χ4n) is 0.204. The Morgan fingerprint density at radius 3 is 2.12 bits per heavy atom. The molecule has 0 saturated carbocycles. The molecular weight excluding hydrogens is 136 g/mol. The van der Waals surface area contributed by atoms with E-state index in [0.717, 1.165) is 6.54 Å². The second-order valence-electron chi connectivity index (χ2n) is 1.24. The van der Waals surface area contributed by atoms with Crippen molar-refractivity contribution in [2.75, 3.05) is 6.54 Å². The Kier molecular flexibility index (Phi) is 21.4. The zero-order chi connectivity index (χ0) is 6.83. The van der Waals surface area contributed by atoms with Gasteiger partial charge in [0.15, 0.2) is 0 Å². The first kappa shape index (κ1) is 10.9. The summed E-state index contributed by atoms with van der Waals surface area (Å²) in [4.78, 5) is 0. The molecule has 4 heteroatoms. The molecule has 0 saturated heterocycles. The lowest BCUT2D eigenvalue weighted by Crippen LogP contribution is -1.96. The number of hydrogen-bond donors (Lipinski definition) is 2. The predicted molar refractivity (Wildman–Crippen MR) is 43.7 cm³/mol. The van der Waals surface area contributed by atoms with Crippen molar-refractivity contribution in [2.45, 2.75) is 12.5 Å². The van der Waals surface area contributed by atoms with Crippen LogP contribution in [0.1, 0.15) is 6.42 Å². The van der Waals surface area contributed by atoms with Gasteiger partial charge in [0.1, 0.15) is 0 Å². The van der Waals surface area contributed by atoms with E-state index in [9.17, 15) is 0 Å². The van der Waals surface area contributed by atoms with Crippen molar-refractivity contribution in [1.29, 1.82) is 5.41 Å². The highest BCUT2D eigenvalue weighted by molar-refractivity contribution is 7.78. The summed E-state index contributed by atoms with van der Waals surface area (Å²) in [6.07, 6.45) is 1.23. The van der Waals surface area contributed by atoms with Gasteiger partial charge in [-0.25, -0.2) is 5.41 Å². The van der Waals surface area contributed by atoms with Crippen molar-refractivity contribution in [3.8, 4) is 0 Å². The summed E-state index contributed by atoms with van der Waals surface area (Å²) in [5, 5.41) is 7.36. The highest BCUT2D eigenvalue weighted by atomic mass is 32.1. The van der Waals surface area contributed by atoms with Gasteiger partial charge in [-0.2, -0.15) is 0 Å². The van der Waals surface area contributed by atoms with Gasteiger partial charge in [0.25, 0.3) is 0 Å². The van der Waals surface area contributed by atoms with Gasteiger partial charge < -0.3 is 5.73 Å². The summed E-state index contributed by atoms with van der Waals surface area (Å²) >= 11 is 3.81. The third kappa shape index (κ3) is 37.9. The van der Waals surface area contributed by atoms with E-state index < -0.39 is 0 Å². The van der Waals surface area contributed by atoms with Crippen molar-refractivity contribution >= 4 is 27.6 Å². The van der Waals surface area contributed by atoms with E-state index in [0.29, 0.717) is 0 Å². The Labute approximate surface area is 58.4 Å². The summed E-state index contributed by atoms with van der Waals surface area (Å²) in [5.41, 5.74) is 5.16. The highest BCUT2D eigenvalue weighted by Crippen LogP contribution is 1.74. The first-order valence-corrected chi connectivity index (χ1v) is 4.39. The van der Waals surface area contributed by atoms with E-state index >= 15 is 0 Å². The van der Waals surface area contributed by atoms with E-state index in [1.54, 1.807) is 5.16 Å². The van der Waals surface area contributed by atoms with Gasteiger partial charge in [0, 0.05) is 10.2 Å². The molecule has 8 heavy (non-hydrogen) atoms. The molecule has 0 fully saturated rings. The van der Waals surface area contributed by atoms with Crippen LogP contribution in [-0.2, 0) is 0 Å². The van der Waals surface area contributed by atoms with Crippen LogP contribution in [0, 0.1) is 5.41 Å². The van der Waals surface area contributed by atoms with E-state index in [2.05, 4.69) is 12.2 Å². The molecule has 0 rings (SSSR count). The maximum Gasteiger partial charge on any atom is 0.0554 e. The molecule has 0 aliphatic carbocycles. The molecule has 2 nitrogen and oxygen atoms in total. The van der Waals surface area contributed by atoms with Crippen LogP contribution in [0.4, 0.5) is 0 Å². The van der Waals surface area contributed by atoms with Crippen LogP contribution in [0.15, 0.2) is 0 Å². The molecule has 0 aromatic carbocycles. The SMILES string of the molecule is N=C=S.NCCC[SiH3]. The molecule has 0 aliphatic rings. The average molecular weight is 148 g/mol. The van der Waals surface area contributed by atoms with Crippen LogP contribution >= 0.6 is 12.2 Å². The average Bonchev–Trinajstić information content (AvgIpc) is 1.71. The Morgan fingerprint density at radius 1 is 1.75 bits per heavy atom. The normalized spacial score (nSPS) is 6.62. The minimum atomic E-state index is 0.878. The first-order chi connectivity index (χ1) is 3.83. The Bertz CT molecular complexity index is 59.1. The largest absolute Gasteiger partial charge is 0.330 e. The van der Waals surface area contributed by atoms with E-state index in [-0.39, 0.29) is 0 Å². The van der Waals surface area contributed by atoms with Crippen LogP contribution in [0.3, 0.4) is 0 Å². The molecule has 0 aromatic heterocycles. The van der Waals surface area contributed by atoms with Gasteiger partial charge in [-0.15, -0.1) is 0 Å². The van der Waals surface area contributed by atoms with Crippen molar-refractivity contribution in [1.82, 2.24) is 0 Å². The summed E-state index contributed by atoms with van der Waals surface area (Å²) in [5.74, 6) is 0. The number of thiocarbonyl (C=S) groups is 1. The number of nitrogens with one attached hydrogen (secondary N) is 1. The van der Waals surface area contributed by atoms with Crippen LogP contribution in [0.25, 0.3) is 0 Å². The quantitative estimate of drug-likeness (QED) is 0.323. The maximum absolute atomic E-state index is 5.77. The molecule has 0 amide bonds. The molecule has 0 atom stereocenters. The maximum atomic E-state index is 5.77. The van der Waals surface area contributed by atoms with Gasteiger partial charge in [-0.05, 0) is 25.2 Å². The molecule has 3 N–H and O–H groups in total. The minimum Gasteiger partial charge on any atom is -0.330 e. The number of nitrogens with two attached hydrogens (primary N) is 1. The van der Waals surface area contributed by atoms with Crippen molar-refractivity contribution < 1.29 is 0 Å². The summed E-state index contributed by atoms with van der Waals surface area (Å²) in [6.45, 7) is 0.878. The molecule has 0 unspecified atom stereocenters. The lowest BCUT2D eigenvalue weighted by molar-refractivity contribution is 0.930. The van der Waals surface area contributed by atoms with E-state index in [4.69, 9.17) is 11.1 Å². The van der Waals surface area contributed by atoms with Crippen molar-refractivity contribution in [3.05, 3.63) is 0 Å². The zero-order valence-corrected chi connectivity index (χ0v) is 7.92. The molecule has 0 aromatic rings. The van der Waals surface area contributed by atoms with Crippen molar-refractivity contribution in [2.24, 2.45) is 5.73 Å². The summed E-state index contributed by atoms with van der Waals surface area (Å²) in [7, 11) is 1.32. The lowest BCUT2D eigenvalue weighted by atomic mass is 10.5. The Hall–Kier alpha value is -0.0231. The van der Waals surface area contributed by atoms with Crippen molar-refractivity contribution in [3.63, 3.8) is 0 Å². The second kappa shape index (κ2) is 15.8. The molecule has 0 heterocycles. The molecule has 48 valence electrons. The zero-order valence-electron chi connectivity index (χ0n) is 5.11. The topological polar surface area (TPSA) is 49.9 Å². The van der Waals surface area contributed by atoms with Crippen LogP contribution in [0.5, 0.6) is 0 Å². The molecule has 0 aliphatic heterocycles. The summed E-state index contributed by atoms with van der Waals surface area (Å²) < 4.78 is 0. The third-order valence-electron chi connectivity index (χ3n) is 0.558. The van der Waals surface area contributed by atoms with E-state index in [1.165, 1.54) is 22.7 Å². The molecule has 0 radical (unpaired) electrons. The van der Waals surface area contributed by atoms with Crippen LogP contribution in [0.2, 0.25) is 6.04 Å². The minimum absolute atomic E-state index is 0.878. The molecule has 0 bridgehead atoms. The van der Waals surface area contributed by atoms with Gasteiger partial charge >= 0.3 is 0 Å². The second-order valence-corrected chi connectivity index (χ2v) is 2.45. The number of isothiocyanates is 1. The van der Waals surface area contributed by atoms with Gasteiger partial charge in [-0.1, -0.05) is 6.04 Å². The first-order valence-electron chi connectivity index (χ1n) is 2.57. The standard InChI is InChI=1S/C3H11NSi.CHNS/c4-2-1-3-5;2-1-3/h1-4H2,5H3;2H. The fourth-order valence-corrected chi connectivity index (χ4v) is 0.612. The predicted octanol–water partition coefficient (Wildman–Crippen LogP) is -0.213. The van der Waals surface area contributed by atoms with Gasteiger partial charge in [-0.3, -0.25) is 0 Å². The third-order valence-corrected chi connectivity index (χ3v) is 1.26. The fraction of sp³-hybridized carbons (Fsp3) is 0.750. The monoisotopic (exact) mass is 148 g/mol. The van der Waals surface area contributed by atoms with E-state index in [1.807, 2.05) is 0 Å². The van der Waals surface area contributed by atoms with Crippen LogP contribution in [-0.4, -0.2) is 21.9 Å². The van der Waals surface area contributed by atoms with Crippen LogP contribution < -0.4 is 5.73 Å². The summed E-state index contributed by atoms with van der Waals surface area (Å²) in [6, 6.07) is 1.36. The lowest BCUT2D eigenvalue weighted by Gasteiger charge is -1.80.